The molecule has 2 rings (SSSR count). The summed E-state index contributed by atoms with van der Waals surface area (Å²) in [6, 6.07) is 0. The van der Waals surface area contributed by atoms with Gasteiger partial charge in [0, 0.05) is 12.6 Å². The van der Waals surface area contributed by atoms with Crippen molar-refractivity contribution in [3.8, 4) is 0 Å². The smallest absolute Gasteiger partial charge is 0.331 e. The van der Waals surface area contributed by atoms with Crippen LogP contribution in [0, 0.1) is 0 Å². The van der Waals surface area contributed by atoms with Gasteiger partial charge in [-0.25, -0.2) is 4.79 Å². The maximum Gasteiger partial charge on any atom is 0.331 e. The Morgan fingerprint density at radius 2 is 2.19 bits per heavy atom. The monoisotopic (exact) mass is 291 g/mol. The topological polar surface area (TPSA) is 84.2 Å². The second-order valence-corrected chi connectivity index (χ2v) is 5.87. The summed E-state index contributed by atoms with van der Waals surface area (Å²) in [5.74, 6) is -1.06. The number of amides is 1. The molecule has 21 heavy (non-hydrogen) atoms. The highest BCUT2D eigenvalue weighted by Gasteiger charge is 2.30. The molecule has 0 aliphatic heterocycles. The number of carbonyl (C=O) groups is 2. The van der Waals surface area contributed by atoms with Crippen LogP contribution in [0.15, 0.2) is 24.0 Å². The predicted molar refractivity (Wildman–Crippen MR) is 79.0 cm³/mol. The van der Waals surface area contributed by atoms with Crippen LogP contribution in [0.5, 0.6) is 0 Å². The molecule has 0 saturated heterocycles. The van der Waals surface area contributed by atoms with E-state index in [4.69, 9.17) is 5.11 Å². The van der Waals surface area contributed by atoms with Gasteiger partial charge in [0.05, 0.1) is 11.9 Å². The van der Waals surface area contributed by atoms with Crippen LogP contribution in [0.3, 0.4) is 0 Å². The minimum absolute atomic E-state index is 0.0872. The number of nitrogens with zero attached hydrogens (tertiary/aromatic N) is 2. The van der Waals surface area contributed by atoms with E-state index in [0.29, 0.717) is 12.1 Å². The Labute approximate surface area is 123 Å². The summed E-state index contributed by atoms with van der Waals surface area (Å²) in [7, 11) is 0. The van der Waals surface area contributed by atoms with Gasteiger partial charge in [-0.05, 0) is 39.5 Å². The molecule has 1 aliphatic carbocycles. The highest BCUT2D eigenvalue weighted by molar-refractivity contribution is 5.92. The van der Waals surface area contributed by atoms with Gasteiger partial charge in [-0.15, -0.1) is 0 Å². The van der Waals surface area contributed by atoms with Gasteiger partial charge >= 0.3 is 5.97 Å². The van der Waals surface area contributed by atoms with Crippen molar-refractivity contribution in [2.24, 2.45) is 0 Å². The lowest BCUT2D eigenvalue weighted by molar-refractivity contribution is -0.146. The van der Waals surface area contributed by atoms with E-state index in [-0.39, 0.29) is 5.91 Å². The first-order chi connectivity index (χ1) is 9.89. The van der Waals surface area contributed by atoms with E-state index in [0.717, 1.165) is 19.3 Å². The number of anilines is 1. The number of rotatable bonds is 5. The molecule has 114 valence electrons. The first kappa shape index (κ1) is 15.3. The lowest BCUT2D eigenvalue weighted by Gasteiger charge is -2.19. The van der Waals surface area contributed by atoms with Crippen molar-refractivity contribution in [3.05, 3.63) is 24.0 Å². The number of carboxylic acids is 1. The van der Waals surface area contributed by atoms with E-state index >= 15 is 0 Å². The molecule has 1 aromatic rings. The SMILES string of the molecule is CC(C)(C(=O)O)n1cc(NC(=O)CC2=CCCCC2)cn1. The molecule has 0 fully saturated rings. The molecule has 0 atom stereocenters. The first-order valence-corrected chi connectivity index (χ1v) is 7.16. The fourth-order valence-electron chi connectivity index (χ4n) is 2.27. The number of hydrogen-bond donors (Lipinski definition) is 2. The summed E-state index contributed by atoms with van der Waals surface area (Å²) in [4.78, 5) is 23.1. The molecule has 0 aromatic carbocycles. The van der Waals surface area contributed by atoms with Crippen LogP contribution in [0.4, 0.5) is 5.69 Å². The summed E-state index contributed by atoms with van der Waals surface area (Å²) in [6.45, 7) is 3.11. The lowest BCUT2D eigenvalue weighted by atomic mass is 9.97. The summed E-state index contributed by atoms with van der Waals surface area (Å²) in [5, 5.41) is 15.9. The number of carboxylic acid groups (broad SMARTS) is 1. The zero-order chi connectivity index (χ0) is 15.5. The molecular weight excluding hydrogens is 270 g/mol. The fourth-order valence-corrected chi connectivity index (χ4v) is 2.27. The molecule has 0 bridgehead atoms. The van der Waals surface area contributed by atoms with E-state index in [2.05, 4.69) is 16.5 Å². The van der Waals surface area contributed by atoms with Gasteiger partial charge in [0.15, 0.2) is 5.54 Å². The van der Waals surface area contributed by atoms with Gasteiger partial charge in [0.1, 0.15) is 0 Å². The minimum Gasteiger partial charge on any atom is -0.479 e. The Morgan fingerprint density at radius 3 is 2.81 bits per heavy atom. The summed E-state index contributed by atoms with van der Waals surface area (Å²) in [5.41, 5.74) is 0.553. The van der Waals surface area contributed by atoms with E-state index in [1.807, 2.05) is 0 Å². The normalized spacial score (nSPS) is 15.4. The summed E-state index contributed by atoms with van der Waals surface area (Å²) < 4.78 is 1.34. The van der Waals surface area contributed by atoms with Crippen LogP contribution >= 0.6 is 0 Å². The molecule has 1 amide bonds. The van der Waals surface area contributed by atoms with E-state index in [1.165, 1.54) is 22.9 Å². The van der Waals surface area contributed by atoms with Crippen molar-refractivity contribution >= 4 is 17.6 Å². The Kier molecular flexibility index (Phi) is 4.45. The number of hydrogen-bond acceptors (Lipinski definition) is 3. The molecule has 2 N–H and O–H groups in total. The fraction of sp³-hybridized carbons (Fsp3) is 0.533. The minimum atomic E-state index is -1.14. The van der Waals surface area contributed by atoms with E-state index < -0.39 is 11.5 Å². The average Bonchev–Trinajstić information content (AvgIpc) is 2.88. The quantitative estimate of drug-likeness (QED) is 0.816. The van der Waals surface area contributed by atoms with Crippen LogP contribution in [-0.4, -0.2) is 26.8 Å². The molecule has 1 aromatic heterocycles. The molecule has 6 heteroatoms. The van der Waals surface area contributed by atoms with Gasteiger partial charge in [0.2, 0.25) is 5.91 Å². The molecule has 6 nitrogen and oxygen atoms in total. The van der Waals surface area contributed by atoms with Crippen LogP contribution in [0.2, 0.25) is 0 Å². The Balaban J connectivity index is 1.97. The number of aromatic nitrogens is 2. The highest BCUT2D eigenvalue weighted by atomic mass is 16.4. The Hall–Kier alpha value is -2.11. The second kappa shape index (κ2) is 6.11. The maximum absolute atomic E-state index is 12.0. The van der Waals surface area contributed by atoms with Gasteiger partial charge < -0.3 is 10.4 Å². The molecule has 0 radical (unpaired) electrons. The van der Waals surface area contributed by atoms with Crippen molar-refractivity contribution in [1.82, 2.24) is 9.78 Å². The second-order valence-electron chi connectivity index (χ2n) is 5.87. The van der Waals surface area contributed by atoms with Crippen molar-refractivity contribution in [1.29, 1.82) is 0 Å². The number of allylic oxidation sites excluding steroid dienone is 1. The number of carbonyl (C=O) groups excluding carboxylic acids is 1. The molecule has 1 aliphatic rings. The molecule has 1 heterocycles. The van der Waals surface area contributed by atoms with Crippen molar-refractivity contribution < 1.29 is 14.7 Å². The van der Waals surface area contributed by atoms with Gasteiger partial charge in [-0.2, -0.15) is 5.10 Å². The number of aliphatic carboxylic acids is 1. The predicted octanol–water partition coefficient (Wildman–Crippen LogP) is 2.53. The van der Waals surface area contributed by atoms with Gasteiger partial charge in [-0.1, -0.05) is 11.6 Å². The third-order valence-corrected chi connectivity index (χ3v) is 3.74. The summed E-state index contributed by atoms with van der Waals surface area (Å²) >= 11 is 0. The molecule has 0 unspecified atom stereocenters. The lowest BCUT2D eigenvalue weighted by Crippen LogP contribution is -2.35. The molecule has 0 spiro atoms. The largest absolute Gasteiger partial charge is 0.479 e. The Morgan fingerprint density at radius 1 is 1.43 bits per heavy atom. The van der Waals surface area contributed by atoms with Crippen LogP contribution in [0.1, 0.15) is 46.0 Å². The maximum atomic E-state index is 12.0. The third kappa shape index (κ3) is 3.71. The van der Waals surface area contributed by atoms with Crippen LogP contribution in [-0.2, 0) is 15.1 Å². The number of nitrogens with one attached hydrogen (secondary N) is 1. The third-order valence-electron chi connectivity index (χ3n) is 3.74. The molecule has 0 saturated carbocycles. The zero-order valence-corrected chi connectivity index (χ0v) is 12.4. The molecular formula is C15H21N3O3. The van der Waals surface area contributed by atoms with Crippen molar-refractivity contribution in [2.45, 2.75) is 51.5 Å². The van der Waals surface area contributed by atoms with Crippen molar-refractivity contribution in [2.75, 3.05) is 5.32 Å². The summed E-state index contributed by atoms with van der Waals surface area (Å²) in [6.07, 6.45) is 9.92. The van der Waals surface area contributed by atoms with Crippen LogP contribution in [0.25, 0.3) is 0 Å². The van der Waals surface area contributed by atoms with Gasteiger partial charge in [0.25, 0.3) is 0 Å². The van der Waals surface area contributed by atoms with E-state index in [9.17, 15) is 9.59 Å². The van der Waals surface area contributed by atoms with Crippen LogP contribution < -0.4 is 5.32 Å². The standard InChI is InChI=1S/C15H21N3O3/c1-15(2,14(20)21)18-10-12(9-16-18)17-13(19)8-11-6-4-3-5-7-11/h6,9-10H,3-5,7-8H2,1-2H3,(H,17,19)(H,20,21). The Bertz CT molecular complexity index is 572. The van der Waals surface area contributed by atoms with Gasteiger partial charge in [-0.3, -0.25) is 9.48 Å². The van der Waals surface area contributed by atoms with Crippen molar-refractivity contribution in [3.63, 3.8) is 0 Å². The average molecular weight is 291 g/mol. The first-order valence-electron chi connectivity index (χ1n) is 7.16. The highest BCUT2D eigenvalue weighted by Crippen LogP contribution is 2.21. The zero-order valence-electron chi connectivity index (χ0n) is 12.4. The van der Waals surface area contributed by atoms with E-state index in [1.54, 1.807) is 20.0 Å².